The van der Waals surface area contributed by atoms with Crippen molar-refractivity contribution in [1.82, 2.24) is 9.78 Å². The molecule has 18 heavy (non-hydrogen) atoms. The van der Waals surface area contributed by atoms with Crippen LogP contribution in [0.3, 0.4) is 0 Å². The molecule has 2 amide bonds. The Labute approximate surface area is 114 Å². The third kappa shape index (κ3) is 3.15. The highest BCUT2D eigenvalue weighted by atomic mass is 35.5. The van der Waals surface area contributed by atoms with Crippen LogP contribution in [0.1, 0.15) is 0 Å². The lowest BCUT2D eigenvalue weighted by molar-refractivity contribution is 0.262. The van der Waals surface area contributed by atoms with Gasteiger partial charge in [0.05, 0.1) is 22.6 Å². The van der Waals surface area contributed by atoms with Gasteiger partial charge in [-0.05, 0) is 18.2 Å². The van der Waals surface area contributed by atoms with Crippen LogP contribution < -0.4 is 10.6 Å². The fraction of sp³-hybridized carbons (Fsp3) is 0.0909. The molecular formula is C11H10Cl2N4O. The van der Waals surface area contributed by atoms with Crippen molar-refractivity contribution in [2.24, 2.45) is 7.05 Å². The molecule has 2 N–H and O–H groups in total. The van der Waals surface area contributed by atoms with Gasteiger partial charge in [0.25, 0.3) is 0 Å². The van der Waals surface area contributed by atoms with Gasteiger partial charge in [-0.2, -0.15) is 5.10 Å². The lowest BCUT2D eigenvalue weighted by Gasteiger charge is -2.07. The molecule has 0 unspecified atom stereocenters. The van der Waals surface area contributed by atoms with Crippen molar-refractivity contribution in [3.63, 3.8) is 0 Å². The maximum absolute atomic E-state index is 11.7. The van der Waals surface area contributed by atoms with E-state index in [0.717, 1.165) is 0 Å². The Morgan fingerprint density at radius 1 is 1.33 bits per heavy atom. The summed E-state index contributed by atoms with van der Waals surface area (Å²) in [4.78, 5) is 11.7. The standard InChI is InChI=1S/C11H10Cl2N4O/c1-17-6-8(5-14-17)15-11(18)16-10-4-7(12)2-3-9(10)13/h2-6H,1H3,(H2,15,16,18). The number of hydrogen-bond acceptors (Lipinski definition) is 2. The molecule has 0 bridgehead atoms. The third-order valence-corrected chi connectivity index (χ3v) is 2.70. The van der Waals surface area contributed by atoms with Crippen LogP contribution in [0.4, 0.5) is 16.2 Å². The molecular weight excluding hydrogens is 275 g/mol. The quantitative estimate of drug-likeness (QED) is 0.888. The van der Waals surface area contributed by atoms with E-state index in [-0.39, 0.29) is 0 Å². The first-order valence-electron chi connectivity index (χ1n) is 5.06. The first kappa shape index (κ1) is 12.7. The second-order valence-corrected chi connectivity index (χ2v) is 4.45. The molecule has 0 spiro atoms. The summed E-state index contributed by atoms with van der Waals surface area (Å²) in [5, 5.41) is 10.1. The van der Waals surface area contributed by atoms with Crippen LogP contribution >= 0.6 is 23.2 Å². The fourth-order valence-corrected chi connectivity index (χ4v) is 1.70. The van der Waals surface area contributed by atoms with E-state index in [4.69, 9.17) is 23.2 Å². The zero-order valence-corrected chi connectivity index (χ0v) is 11.0. The smallest absolute Gasteiger partial charge is 0.306 e. The first-order chi connectivity index (χ1) is 8.54. The Kier molecular flexibility index (Phi) is 3.74. The lowest BCUT2D eigenvalue weighted by atomic mass is 10.3. The summed E-state index contributed by atoms with van der Waals surface area (Å²) in [5.41, 5.74) is 1.04. The van der Waals surface area contributed by atoms with E-state index in [1.807, 2.05) is 0 Å². The van der Waals surface area contributed by atoms with Crippen LogP contribution in [0, 0.1) is 0 Å². The monoisotopic (exact) mass is 284 g/mol. The van der Waals surface area contributed by atoms with Crippen molar-refractivity contribution in [3.05, 3.63) is 40.6 Å². The minimum atomic E-state index is -0.410. The number of carbonyl (C=O) groups is 1. The van der Waals surface area contributed by atoms with Crippen molar-refractivity contribution in [2.75, 3.05) is 10.6 Å². The minimum Gasteiger partial charge on any atom is -0.306 e. The number of hydrogen-bond donors (Lipinski definition) is 2. The highest BCUT2D eigenvalue weighted by molar-refractivity contribution is 6.35. The highest BCUT2D eigenvalue weighted by Crippen LogP contribution is 2.25. The van der Waals surface area contributed by atoms with Crippen LogP contribution in [0.5, 0.6) is 0 Å². The molecule has 0 aliphatic heterocycles. The Bertz CT molecular complexity index is 582. The Hall–Kier alpha value is -1.72. The number of urea groups is 1. The minimum absolute atomic E-state index is 0.410. The van der Waals surface area contributed by atoms with Gasteiger partial charge in [-0.3, -0.25) is 4.68 Å². The molecule has 5 nitrogen and oxygen atoms in total. The molecule has 1 aromatic carbocycles. The van der Waals surface area contributed by atoms with Gasteiger partial charge < -0.3 is 10.6 Å². The van der Waals surface area contributed by atoms with Crippen molar-refractivity contribution in [1.29, 1.82) is 0 Å². The van der Waals surface area contributed by atoms with Crippen molar-refractivity contribution in [3.8, 4) is 0 Å². The predicted octanol–water partition coefficient (Wildman–Crippen LogP) is 3.37. The largest absolute Gasteiger partial charge is 0.323 e. The molecule has 0 aliphatic carbocycles. The molecule has 0 fully saturated rings. The number of carbonyl (C=O) groups excluding carboxylic acids is 1. The molecule has 1 aromatic heterocycles. The first-order valence-corrected chi connectivity index (χ1v) is 5.82. The van der Waals surface area contributed by atoms with Crippen molar-refractivity contribution >= 4 is 40.6 Å². The van der Waals surface area contributed by atoms with E-state index in [2.05, 4.69) is 15.7 Å². The van der Waals surface area contributed by atoms with Gasteiger partial charge in [-0.15, -0.1) is 0 Å². The number of nitrogens with zero attached hydrogens (tertiary/aromatic N) is 2. The van der Waals surface area contributed by atoms with E-state index in [9.17, 15) is 4.79 Å². The van der Waals surface area contributed by atoms with E-state index in [1.54, 1.807) is 42.3 Å². The van der Waals surface area contributed by atoms with E-state index in [1.165, 1.54) is 0 Å². The molecule has 0 atom stereocenters. The third-order valence-electron chi connectivity index (χ3n) is 2.14. The van der Waals surface area contributed by atoms with Gasteiger partial charge >= 0.3 is 6.03 Å². The molecule has 0 saturated heterocycles. The maximum atomic E-state index is 11.7. The highest BCUT2D eigenvalue weighted by Gasteiger charge is 2.07. The Morgan fingerprint density at radius 2 is 2.11 bits per heavy atom. The number of aromatic nitrogens is 2. The average molecular weight is 285 g/mol. The molecule has 2 rings (SSSR count). The summed E-state index contributed by atoms with van der Waals surface area (Å²) >= 11 is 11.7. The molecule has 2 aromatic rings. The molecule has 0 saturated carbocycles. The number of aryl methyl sites for hydroxylation is 1. The number of anilines is 2. The summed E-state index contributed by atoms with van der Waals surface area (Å²) in [6.45, 7) is 0. The number of benzene rings is 1. The summed E-state index contributed by atoms with van der Waals surface area (Å²) in [6, 6.07) is 4.43. The van der Waals surface area contributed by atoms with Gasteiger partial charge in [-0.25, -0.2) is 4.79 Å². The molecule has 94 valence electrons. The van der Waals surface area contributed by atoms with E-state index < -0.39 is 6.03 Å². The van der Waals surface area contributed by atoms with Gasteiger partial charge in [0.1, 0.15) is 0 Å². The van der Waals surface area contributed by atoms with Crippen LogP contribution in [-0.2, 0) is 7.05 Å². The number of amides is 2. The predicted molar refractivity (Wildman–Crippen MR) is 72.3 cm³/mol. The number of nitrogens with one attached hydrogen (secondary N) is 2. The van der Waals surface area contributed by atoms with Crippen LogP contribution in [0.25, 0.3) is 0 Å². The van der Waals surface area contributed by atoms with E-state index in [0.29, 0.717) is 21.4 Å². The van der Waals surface area contributed by atoms with Gasteiger partial charge in [0.15, 0.2) is 0 Å². The number of halogens is 2. The average Bonchev–Trinajstić information content (AvgIpc) is 2.69. The molecule has 0 radical (unpaired) electrons. The Balaban J connectivity index is 2.05. The van der Waals surface area contributed by atoms with Crippen LogP contribution in [0.2, 0.25) is 10.0 Å². The van der Waals surface area contributed by atoms with Gasteiger partial charge in [0, 0.05) is 18.3 Å². The molecule has 0 aliphatic rings. The SMILES string of the molecule is Cn1cc(NC(=O)Nc2cc(Cl)ccc2Cl)cn1. The summed E-state index contributed by atoms with van der Waals surface area (Å²) in [5.74, 6) is 0. The van der Waals surface area contributed by atoms with Gasteiger partial charge in [0.2, 0.25) is 0 Å². The summed E-state index contributed by atoms with van der Waals surface area (Å²) in [6.07, 6.45) is 3.22. The van der Waals surface area contributed by atoms with Crippen LogP contribution in [-0.4, -0.2) is 15.8 Å². The van der Waals surface area contributed by atoms with Gasteiger partial charge in [-0.1, -0.05) is 23.2 Å². The Morgan fingerprint density at radius 3 is 2.78 bits per heavy atom. The molecule has 7 heteroatoms. The normalized spacial score (nSPS) is 10.2. The van der Waals surface area contributed by atoms with Crippen molar-refractivity contribution in [2.45, 2.75) is 0 Å². The zero-order valence-electron chi connectivity index (χ0n) is 9.45. The second kappa shape index (κ2) is 5.29. The molecule has 1 heterocycles. The summed E-state index contributed by atoms with van der Waals surface area (Å²) < 4.78 is 1.59. The fourth-order valence-electron chi connectivity index (χ4n) is 1.36. The van der Waals surface area contributed by atoms with Crippen molar-refractivity contribution < 1.29 is 4.79 Å². The second-order valence-electron chi connectivity index (χ2n) is 3.61. The zero-order chi connectivity index (χ0) is 13.1. The maximum Gasteiger partial charge on any atom is 0.323 e. The summed E-state index contributed by atoms with van der Waals surface area (Å²) in [7, 11) is 1.76. The van der Waals surface area contributed by atoms with E-state index >= 15 is 0 Å². The topological polar surface area (TPSA) is 59.0 Å². The number of rotatable bonds is 2. The van der Waals surface area contributed by atoms with Crippen LogP contribution in [0.15, 0.2) is 30.6 Å². The lowest BCUT2D eigenvalue weighted by Crippen LogP contribution is -2.19.